The molecule has 0 saturated heterocycles. The molecule has 0 saturated carbocycles. The Morgan fingerprint density at radius 1 is 1.35 bits per heavy atom. The van der Waals surface area contributed by atoms with Gasteiger partial charge in [-0.25, -0.2) is 4.39 Å². The summed E-state index contributed by atoms with van der Waals surface area (Å²) in [5.74, 6) is 0.0831. The normalized spacial score (nSPS) is 12.2. The van der Waals surface area contributed by atoms with Gasteiger partial charge in [0.2, 0.25) is 0 Å². The van der Waals surface area contributed by atoms with Crippen molar-refractivity contribution in [3.8, 4) is 5.75 Å². The number of ether oxygens (including phenoxy) is 1. The van der Waals surface area contributed by atoms with Gasteiger partial charge in [0.15, 0.2) is 0 Å². The largest absolute Gasteiger partial charge is 0.488 e. The monoisotopic (exact) mass is 358 g/mol. The van der Waals surface area contributed by atoms with Crippen molar-refractivity contribution in [2.45, 2.75) is 19.6 Å². The van der Waals surface area contributed by atoms with E-state index in [9.17, 15) is 9.50 Å². The molecule has 1 atom stereocenters. The van der Waals surface area contributed by atoms with Crippen LogP contribution in [0.5, 0.6) is 5.75 Å². The Balaban J connectivity index is 2.25. The van der Waals surface area contributed by atoms with Crippen LogP contribution in [0.3, 0.4) is 0 Å². The highest BCUT2D eigenvalue weighted by Crippen LogP contribution is 2.30. The second kappa shape index (κ2) is 6.57. The lowest BCUT2D eigenvalue weighted by Gasteiger charge is -2.14. The third-order valence-electron chi connectivity index (χ3n) is 2.86. The van der Waals surface area contributed by atoms with Crippen LogP contribution in [0.15, 0.2) is 40.9 Å². The summed E-state index contributed by atoms with van der Waals surface area (Å²) in [6.45, 7) is 1.65. The van der Waals surface area contributed by atoms with Crippen LogP contribution in [0.4, 0.5) is 4.39 Å². The molecule has 106 valence electrons. The average molecular weight is 360 g/mol. The highest BCUT2D eigenvalue weighted by molar-refractivity contribution is 9.10. The molecule has 0 aliphatic carbocycles. The van der Waals surface area contributed by atoms with E-state index in [0.29, 0.717) is 21.9 Å². The van der Waals surface area contributed by atoms with Gasteiger partial charge in [-0.1, -0.05) is 39.7 Å². The van der Waals surface area contributed by atoms with E-state index in [2.05, 4.69) is 15.9 Å². The number of hydrogen-bond acceptors (Lipinski definition) is 2. The van der Waals surface area contributed by atoms with E-state index in [1.807, 2.05) is 6.07 Å². The summed E-state index contributed by atoms with van der Waals surface area (Å²) >= 11 is 9.29. The first-order valence-electron chi connectivity index (χ1n) is 6.02. The summed E-state index contributed by atoms with van der Waals surface area (Å²) in [6, 6.07) is 9.79. The van der Waals surface area contributed by atoms with Gasteiger partial charge >= 0.3 is 0 Å². The molecule has 0 bridgehead atoms. The van der Waals surface area contributed by atoms with Crippen molar-refractivity contribution >= 4 is 27.5 Å². The third kappa shape index (κ3) is 3.51. The lowest BCUT2D eigenvalue weighted by molar-refractivity contribution is 0.190. The highest BCUT2D eigenvalue weighted by Gasteiger charge is 2.12. The topological polar surface area (TPSA) is 29.5 Å². The molecule has 0 radical (unpaired) electrons. The molecule has 20 heavy (non-hydrogen) atoms. The molecule has 0 amide bonds. The number of aliphatic hydroxyl groups excluding tert-OH is 1. The molecular formula is C15H13BrClFO2. The number of rotatable bonds is 4. The lowest BCUT2D eigenvalue weighted by atomic mass is 10.1. The SMILES string of the molecule is CC(O)c1ccc(Br)cc1OCc1c(F)cccc1Cl. The van der Waals surface area contributed by atoms with E-state index >= 15 is 0 Å². The van der Waals surface area contributed by atoms with Crippen molar-refractivity contribution in [1.29, 1.82) is 0 Å². The number of aliphatic hydroxyl groups is 1. The van der Waals surface area contributed by atoms with Crippen molar-refractivity contribution in [2.24, 2.45) is 0 Å². The average Bonchev–Trinajstić information content (AvgIpc) is 2.37. The zero-order valence-electron chi connectivity index (χ0n) is 10.7. The molecule has 0 aromatic heterocycles. The molecule has 2 rings (SSSR count). The quantitative estimate of drug-likeness (QED) is 0.843. The molecule has 5 heteroatoms. The molecule has 2 aromatic carbocycles. The van der Waals surface area contributed by atoms with E-state index in [4.69, 9.17) is 16.3 Å². The summed E-state index contributed by atoms with van der Waals surface area (Å²) in [4.78, 5) is 0. The fraction of sp³-hybridized carbons (Fsp3) is 0.200. The summed E-state index contributed by atoms with van der Waals surface area (Å²) in [5.41, 5.74) is 0.936. The Morgan fingerprint density at radius 2 is 2.10 bits per heavy atom. The molecule has 0 aliphatic heterocycles. The molecule has 0 aliphatic rings. The maximum Gasteiger partial charge on any atom is 0.131 e. The van der Waals surface area contributed by atoms with Crippen LogP contribution < -0.4 is 4.74 Å². The smallest absolute Gasteiger partial charge is 0.131 e. The van der Waals surface area contributed by atoms with E-state index in [1.54, 1.807) is 31.2 Å². The molecular weight excluding hydrogens is 347 g/mol. The molecule has 1 N–H and O–H groups in total. The van der Waals surface area contributed by atoms with Crippen LogP contribution in [0.25, 0.3) is 0 Å². The molecule has 0 spiro atoms. The van der Waals surface area contributed by atoms with E-state index in [1.165, 1.54) is 6.07 Å². The second-order valence-corrected chi connectivity index (χ2v) is 5.67. The highest BCUT2D eigenvalue weighted by atomic mass is 79.9. The summed E-state index contributed by atoms with van der Waals surface area (Å²) < 4.78 is 20.1. The van der Waals surface area contributed by atoms with E-state index < -0.39 is 11.9 Å². The Morgan fingerprint density at radius 3 is 2.75 bits per heavy atom. The minimum absolute atomic E-state index is 0.00167. The van der Waals surface area contributed by atoms with Gasteiger partial charge in [-0.2, -0.15) is 0 Å². The Labute approximate surface area is 130 Å². The first-order valence-corrected chi connectivity index (χ1v) is 7.19. The van der Waals surface area contributed by atoms with Gasteiger partial charge in [-0.05, 0) is 31.2 Å². The van der Waals surface area contributed by atoms with Crippen LogP contribution >= 0.6 is 27.5 Å². The van der Waals surface area contributed by atoms with Crippen LogP contribution in [0.1, 0.15) is 24.2 Å². The van der Waals surface area contributed by atoms with Gasteiger partial charge in [-0.3, -0.25) is 0 Å². The number of hydrogen-bond donors (Lipinski definition) is 1. The van der Waals surface area contributed by atoms with Gasteiger partial charge in [0.05, 0.1) is 11.1 Å². The maximum atomic E-state index is 13.7. The Kier molecular flexibility index (Phi) is 5.02. The van der Waals surface area contributed by atoms with E-state index in [0.717, 1.165) is 4.47 Å². The summed E-state index contributed by atoms with van der Waals surface area (Å²) in [6.07, 6.45) is -0.672. The van der Waals surface area contributed by atoms with Gasteiger partial charge < -0.3 is 9.84 Å². The van der Waals surface area contributed by atoms with Crippen molar-refractivity contribution < 1.29 is 14.2 Å². The second-order valence-electron chi connectivity index (χ2n) is 4.35. The van der Waals surface area contributed by atoms with Gasteiger partial charge in [-0.15, -0.1) is 0 Å². The van der Waals surface area contributed by atoms with E-state index in [-0.39, 0.29) is 6.61 Å². The minimum Gasteiger partial charge on any atom is -0.488 e. The van der Waals surface area contributed by atoms with Gasteiger partial charge in [0.25, 0.3) is 0 Å². The van der Waals surface area contributed by atoms with Crippen LogP contribution in [0, 0.1) is 5.82 Å². The fourth-order valence-electron chi connectivity index (χ4n) is 1.80. The predicted molar refractivity (Wildman–Crippen MR) is 80.5 cm³/mol. The molecule has 2 nitrogen and oxygen atoms in total. The first kappa shape index (κ1) is 15.3. The van der Waals surface area contributed by atoms with Crippen LogP contribution in [-0.2, 0) is 6.61 Å². The molecule has 0 heterocycles. The maximum absolute atomic E-state index is 13.7. The standard InChI is InChI=1S/C15H13BrClFO2/c1-9(19)11-6-5-10(16)7-15(11)20-8-12-13(17)3-2-4-14(12)18/h2-7,9,19H,8H2,1H3. The Hall–Kier alpha value is -1.10. The van der Waals surface area contributed by atoms with Crippen LogP contribution in [-0.4, -0.2) is 5.11 Å². The first-order chi connectivity index (χ1) is 9.49. The summed E-state index contributed by atoms with van der Waals surface area (Å²) in [7, 11) is 0. The van der Waals surface area contributed by atoms with Gasteiger partial charge in [0.1, 0.15) is 18.2 Å². The number of halogens is 3. The van der Waals surface area contributed by atoms with Crippen molar-refractivity contribution in [2.75, 3.05) is 0 Å². The zero-order valence-corrected chi connectivity index (χ0v) is 13.1. The van der Waals surface area contributed by atoms with Gasteiger partial charge in [0, 0.05) is 15.6 Å². The third-order valence-corrected chi connectivity index (χ3v) is 3.71. The van der Waals surface area contributed by atoms with Crippen molar-refractivity contribution in [3.05, 3.63) is 62.8 Å². The zero-order chi connectivity index (χ0) is 14.7. The molecule has 2 aromatic rings. The van der Waals surface area contributed by atoms with Crippen molar-refractivity contribution in [3.63, 3.8) is 0 Å². The van der Waals surface area contributed by atoms with Crippen molar-refractivity contribution in [1.82, 2.24) is 0 Å². The molecule has 0 fully saturated rings. The Bertz CT molecular complexity index is 597. The predicted octanol–water partition coefficient (Wildman–Crippen LogP) is 4.87. The summed E-state index contributed by atoms with van der Waals surface area (Å²) in [5, 5.41) is 10.0. The lowest BCUT2D eigenvalue weighted by Crippen LogP contribution is -2.03. The number of benzene rings is 2. The minimum atomic E-state index is -0.672. The molecule has 1 unspecified atom stereocenters. The fourth-order valence-corrected chi connectivity index (χ4v) is 2.36. The van der Waals surface area contributed by atoms with Crippen LogP contribution in [0.2, 0.25) is 5.02 Å².